The molecule has 0 saturated heterocycles. The van der Waals surface area contributed by atoms with E-state index in [4.69, 9.17) is 16.7 Å². The molecule has 0 saturated carbocycles. The first kappa shape index (κ1) is 14.8. The van der Waals surface area contributed by atoms with E-state index in [1.807, 2.05) is 4.72 Å². The molecular formula is C9H10ClFN2O4S. The Labute approximate surface area is 108 Å². The van der Waals surface area contributed by atoms with Crippen molar-refractivity contribution in [1.82, 2.24) is 9.44 Å². The van der Waals surface area contributed by atoms with Crippen molar-refractivity contribution in [2.24, 2.45) is 0 Å². The fourth-order valence-corrected chi connectivity index (χ4v) is 2.06. The highest BCUT2D eigenvalue weighted by atomic mass is 35.5. The monoisotopic (exact) mass is 296 g/mol. The number of carbonyl (C=O) groups is 1. The summed E-state index contributed by atoms with van der Waals surface area (Å²) >= 11 is 5.70. The van der Waals surface area contributed by atoms with E-state index >= 15 is 0 Å². The molecule has 1 rings (SSSR count). The smallest absolute Gasteiger partial charge is 0.318 e. The van der Waals surface area contributed by atoms with Gasteiger partial charge in [0.15, 0.2) is 0 Å². The number of halogens is 2. The lowest BCUT2D eigenvalue weighted by Crippen LogP contribution is -2.39. The van der Waals surface area contributed by atoms with Gasteiger partial charge in [-0.2, -0.15) is 17.9 Å². The first-order valence-corrected chi connectivity index (χ1v) is 6.57. The number of hydrogen-bond donors (Lipinski definition) is 3. The standard InChI is InChI=1S/C9H10ClFN2O4S/c10-7-2-1-3-8(11)6(7)4-12-18(16,17)13-5-9(14)15/h1-3,12-13H,4-5H2,(H,14,15). The van der Waals surface area contributed by atoms with Gasteiger partial charge in [-0.1, -0.05) is 17.7 Å². The number of hydrogen-bond acceptors (Lipinski definition) is 3. The van der Waals surface area contributed by atoms with E-state index in [1.54, 1.807) is 4.72 Å². The van der Waals surface area contributed by atoms with Gasteiger partial charge in [-0.3, -0.25) is 4.79 Å². The molecule has 0 aliphatic carbocycles. The summed E-state index contributed by atoms with van der Waals surface area (Å²) in [6.45, 7) is -1.14. The van der Waals surface area contributed by atoms with Gasteiger partial charge in [-0.15, -0.1) is 0 Å². The van der Waals surface area contributed by atoms with E-state index in [9.17, 15) is 17.6 Å². The summed E-state index contributed by atoms with van der Waals surface area (Å²) in [4.78, 5) is 10.2. The van der Waals surface area contributed by atoms with E-state index in [1.165, 1.54) is 12.1 Å². The molecule has 0 spiro atoms. The van der Waals surface area contributed by atoms with Crippen LogP contribution in [0.3, 0.4) is 0 Å². The van der Waals surface area contributed by atoms with Crippen molar-refractivity contribution in [3.63, 3.8) is 0 Å². The van der Waals surface area contributed by atoms with Crippen LogP contribution in [0.2, 0.25) is 5.02 Å². The Hall–Kier alpha value is -1.22. The molecule has 3 N–H and O–H groups in total. The van der Waals surface area contributed by atoms with Crippen molar-refractivity contribution < 1.29 is 22.7 Å². The zero-order valence-electron chi connectivity index (χ0n) is 8.98. The molecular weight excluding hydrogens is 287 g/mol. The predicted octanol–water partition coefficient (Wildman–Crippen LogP) is 0.488. The Morgan fingerprint density at radius 2 is 2.06 bits per heavy atom. The van der Waals surface area contributed by atoms with Crippen LogP contribution in [0.5, 0.6) is 0 Å². The Morgan fingerprint density at radius 1 is 1.39 bits per heavy atom. The SMILES string of the molecule is O=C(O)CNS(=O)(=O)NCc1c(F)cccc1Cl. The maximum absolute atomic E-state index is 13.3. The Balaban J connectivity index is 2.67. The van der Waals surface area contributed by atoms with Gasteiger partial charge in [0.25, 0.3) is 10.2 Å². The van der Waals surface area contributed by atoms with Gasteiger partial charge in [-0.25, -0.2) is 4.39 Å². The van der Waals surface area contributed by atoms with Crippen molar-refractivity contribution >= 4 is 27.8 Å². The zero-order chi connectivity index (χ0) is 13.8. The van der Waals surface area contributed by atoms with Crippen LogP contribution in [0.25, 0.3) is 0 Å². The highest BCUT2D eigenvalue weighted by Crippen LogP contribution is 2.18. The van der Waals surface area contributed by atoms with Gasteiger partial charge in [0.05, 0.1) is 0 Å². The van der Waals surface area contributed by atoms with Crippen molar-refractivity contribution in [2.75, 3.05) is 6.54 Å². The third kappa shape index (κ3) is 4.57. The van der Waals surface area contributed by atoms with E-state index in [0.29, 0.717) is 0 Å². The number of carboxylic acids is 1. The Morgan fingerprint density at radius 3 is 2.61 bits per heavy atom. The van der Waals surface area contributed by atoms with Crippen LogP contribution in [0.4, 0.5) is 4.39 Å². The summed E-state index contributed by atoms with van der Waals surface area (Å²) in [5, 5.41) is 8.39. The van der Waals surface area contributed by atoms with Crippen LogP contribution in [0.1, 0.15) is 5.56 Å². The van der Waals surface area contributed by atoms with Crippen LogP contribution in [0, 0.1) is 5.82 Å². The van der Waals surface area contributed by atoms with Crippen LogP contribution in [-0.2, 0) is 21.5 Å². The second kappa shape index (κ2) is 6.10. The second-order valence-electron chi connectivity index (χ2n) is 3.24. The maximum atomic E-state index is 13.3. The zero-order valence-corrected chi connectivity index (χ0v) is 10.6. The molecule has 0 bridgehead atoms. The summed E-state index contributed by atoms with van der Waals surface area (Å²) in [7, 11) is -4.01. The fraction of sp³-hybridized carbons (Fsp3) is 0.222. The third-order valence-corrected chi connectivity index (χ3v) is 3.32. The van der Waals surface area contributed by atoms with Crippen molar-refractivity contribution in [3.05, 3.63) is 34.6 Å². The summed E-state index contributed by atoms with van der Waals surface area (Å²) in [5.74, 6) is -1.98. The molecule has 100 valence electrons. The summed E-state index contributed by atoms with van der Waals surface area (Å²) < 4.78 is 39.6. The molecule has 0 unspecified atom stereocenters. The number of aliphatic carboxylic acids is 1. The molecule has 1 aromatic rings. The molecule has 0 heterocycles. The third-order valence-electron chi connectivity index (χ3n) is 1.91. The van der Waals surface area contributed by atoms with Gasteiger partial charge in [-0.05, 0) is 12.1 Å². The van der Waals surface area contributed by atoms with Gasteiger partial charge in [0.1, 0.15) is 12.4 Å². The number of rotatable bonds is 6. The topological polar surface area (TPSA) is 95.5 Å². The van der Waals surface area contributed by atoms with Crippen molar-refractivity contribution in [2.45, 2.75) is 6.54 Å². The Kier molecular flexibility index (Phi) is 5.03. The average molecular weight is 297 g/mol. The molecule has 0 amide bonds. The van der Waals surface area contributed by atoms with E-state index in [0.717, 1.165) is 6.07 Å². The van der Waals surface area contributed by atoms with Crippen LogP contribution in [-0.4, -0.2) is 26.0 Å². The number of benzene rings is 1. The predicted molar refractivity (Wildman–Crippen MR) is 62.8 cm³/mol. The Bertz CT molecular complexity index is 529. The minimum Gasteiger partial charge on any atom is -0.480 e. The van der Waals surface area contributed by atoms with Crippen LogP contribution in [0.15, 0.2) is 18.2 Å². The van der Waals surface area contributed by atoms with E-state index in [-0.39, 0.29) is 17.1 Å². The molecule has 0 atom stereocenters. The molecule has 6 nitrogen and oxygen atoms in total. The second-order valence-corrected chi connectivity index (χ2v) is 5.23. The van der Waals surface area contributed by atoms with Gasteiger partial charge < -0.3 is 5.11 Å². The van der Waals surface area contributed by atoms with E-state index < -0.39 is 28.5 Å². The summed E-state index contributed by atoms with van der Waals surface area (Å²) in [5.41, 5.74) is -0.0140. The average Bonchev–Trinajstić information content (AvgIpc) is 2.26. The molecule has 9 heteroatoms. The van der Waals surface area contributed by atoms with Crippen LogP contribution >= 0.6 is 11.6 Å². The molecule has 18 heavy (non-hydrogen) atoms. The molecule has 1 aromatic carbocycles. The maximum Gasteiger partial charge on any atom is 0.318 e. The van der Waals surface area contributed by atoms with Crippen molar-refractivity contribution in [3.8, 4) is 0 Å². The van der Waals surface area contributed by atoms with Crippen molar-refractivity contribution in [1.29, 1.82) is 0 Å². The summed E-state index contributed by atoms with van der Waals surface area (Å²) in [6.07, 6.45) is 0. The lowest BCUT2D eigenvalue weighted by Gasteiger charge is -2.08. The minimum absolute atomic E-state index is 0.0140. The molecule has 0 fully saturated rings. The number of carboxylic acid groups (broad SMARTS) is 1. The normalized spacial score (nSPS) is 11.4. The lowest BCUT2D eigenvalue weighted by atomic mass is 10.2. The van der Waals surface area contributed by atoms with Gasteiger partial charge in [0.2, 0.25) is 0 Å². The van der Waals surface area contributed by atoms with Crippen LogP contribution < -0.4 is 9.44 Å². The summed E-state index contributed by atoms with van der Waals surface area (Å²) in [6, 6.07) is 3.94. The first-order chi connectivity index (χ1) is 8.32. The minimum atomic E-state index is -4.01. The van der Waals surface area contributed by atoms with E-state index in [2.05, 4.69) is 0 Å². The molecule has 0 radical (unpaired) electrons. The lowest BCUT2D eigenvalue weighted by molar-refractivity contribution is -0.135. The first-order valence-electron chi connectivity index (χ1n) is 4.71. The molecule has 0 aromatic heterocycles. The fourth-order valence-electron chi connectivity index (χ4n) is 1.08. The highest BCUT2D eigenvalue weighted by Gasteiger charge is 2.13. The number of nitrogens with one attached hydrogen (secondary N) is 2. The largest absolute Gasteiger partial charge is 0.480 e. The van der Waals surface area contributed by atoms with Gasteiger partial charge >= 0.3 is 5.97 Å². The highest BCUT2D eigenvalue weighted by molar-refractivity contribution is 7.87. The molecule has 0 aliphatic heterocycles. The quantitative estimate of drug-likeness (QED) is 0.712. The van der Waals surface area contributed by atoms with Gasteiger partial charge in [0, 0.05) is 17.1 Å². The molecule has 0 aliphatic rings.